The molecule has 1 fully saturated rings. The number of para-hydroxylation sites is 1. The van der Waals surface area contributed by atoms with E-state index in [2.05, 4.69) is 12.1 Å². The van der Waals surface area contributed by atoms with Gasteiger partial charge in [-0.1, -0.05) is 48.5 Å². The molecule has 2 heteroatoms. The molecule has 0 heterocycles. The van der Waals surface area contributed by atoms with Crippen molar-refractivity contribution in [3.63, 3.8) is 0 Å². The topological polar surface area (TPSA) is 29.5 Å². The number of rotatable bonds is 5. The lowest BCUT2D eigenvalue weighted by molar-refractivity contribution is 0.128. The molecular weight excluding hydrogens is 248 g/mol. The minimum atomic E-state index is -0.507. The van der Waals surface area contributed by atoms with Crippen molar-refractivity contribution < 1.29 is 9.84 Å². The Kier molecular flexibility index (Phi) is 3.49. The van der Waals surface area contributed by atoms with Gasteiger partial charge < -0.3 is 9.84 Å². The molecule has 20 heavy (non-hydrogen) atoms. The summed E-state index contributed by atoms with van der Waals surface area (Å²) >= 11 is 0. The van der Waals surface area contributed by atoms with Gasteiger partial charge >= 0.3 is 0 Å². The minimum absolute atomic E-state index is 0.130. The van der Waals surface area contributed by atoms with Crippen LogP contribution in [0.5, 0.6) is 5.75 Å². The number of aliphatic hydroxyl groups is 1. The second-order valence-electron chi connectivity index (χ2n) is 5.40. The summed E-state index contributed by atoms with van der Waals surface area (Å²) in [5.74, 6) is 0.796. The van der Waals surface area contributed by atoms with E-state index in [1.807, 2.05) is 49.4 Å². The average Bonchev–Trinajstić information content (AvgIpc) is 3.30. The van der Waals surface area contributed by atoms with Crippen LogP contribution in [0.4, 0.5) is 0 Å². The van der Waals surface area contributed by atoms with Crippen LogP contribution in [0.25, 0.3) is 0 Å². The first-order chi connectivity index (χ1) is 9.78. The second kappa shape index (κ2) is 5.29. The van der Waals surface area contributed by atoms with Crippen molar-refractivity contribution >= 4 is 0 Å². The lowest BCUT2D eigenvalue weighted by atomic mass is 9.86. The smallest absolute Gasteiger partial charge is 0.125 e. The number of hydrogen-bond donors (Lipinski definition) is 1. The van der Waals surface area contributed by atoms with Crippen molar-refractivity contribution in [1.82, 2.24) is 0 Å². The normalized spacial score (nSPS) is 17.5. The van der Waals surface area contributed by atoms with E-state index in [0.29, 0.717) is 6.61 Å². The fourth-order valence-corrected chi connectivity index (χ4v) is 2.92. The molecule has 2 aromatic rings. The molecule has 0 radical (unpaired) electrons. The quantitative estimate of drug-likeness (QED) is 0.892. The second-order valence-corrected chi connectivity index (χ2v) is 5.40. The Balaban J connectivity index is 1.95. The van der Waals surface area contributed by atoms with Crippen LogP contribution in [-0.4, -0.2) is 11.7 Å². The number of aliphatic hydroxyl groups excluding tert-OH is 1. The summed E-state index contributed by atoms with van der Waals surface area (Å²) in [5, 5.41) is 10.9. The predicted octanol–water partition coefficient (Wildman–Crippen LogP) is 3.85. The molecule has 2 nitrogen and oxygen atoms in total. The van der Waals surface area contributed by atoms with E-state index in [0.717, 1.165) is 24.2 Å². The first-order valence-corrected chi connectivity index (χ1v) is 7.23. The van der Waals surface area contributed by atoms with E-state index >= 15 is 0 Å². The van der Waals surface area contributed by atoms with Gasteiger partial charge in [-0.3, -0.25) is 0 Å². The Labute approximate surface area is 120 Å². The fourth-order valence-electron chi connectivity index (χ4n) is 2.92. The monoisotopic (exact) mass is 268 g/mol. The molecule has 104 valence electrons. The number of ether oxygens (including phenoxy) is 1. The van der Waals surface area contributed by atoms with Gasteiger partial charge in [-0.05, 0) is 31.4 Å². The molecule has 0 amide bonds. The first-order valence-electron chi connectivity index (χ1n) is 7.23. The average molecular weight is 268 g/mol. The van der Waals surface area contributed by atoms with Gasteiger partial charge in [0.2, 0.25) is 0 Å². The minimum Gasteiger partial charge on any atom is -0.493 e. The Morgan fingerprint density at radius 1 is 1.05 bits per heavy atom. The summed E-state index contributed by atoms with van der Waals surface area (Å²) < 4.78 is 5.66. The molecule has 0 spiro atoms. The zero-order valence-electron chi connectivity index (χ0n) is 11.8. The first kappa shape index (κ1) is 13.2. The van der Waals surface area contributed by atoms with Crippen LogP contribution in [0, 0.1) is 0 Å². The predicted molar refractivity (Wildman–Crippen MR) is 79.9 cm³/mol. The molecule has 1 aliphatic rings. The summed E-state index contributed by atoms with van der Waals surface area (Å²) in [4.78, 5) is 0. The molecular formula is C18H20O2. The molecule has 1 N–H and O–H groups in total. The third kappa shape index (κ3) is 2.20. The van der Waals surface area contributed by atoms with Crippen molar-refractivity contribution in [1.29, 1.82) is 0 Å². The van der Waals surface area contributed by atoms with Crippen molar-refractivity contribution in [2.24, 2.45) is 0 Å². The highest BCUT2D eigenvalue weighted by molar-refractivity contribution is 5.42. The van der Waals surface area contributed by atoms with E-state index in [1.54, 1.807) is 0 Å². The number of benzene rings is 2. The van der Waals surface area contributed by atoms with E-state index in [4.69, 9.17) is 4.74 Å². The summed E-state index contributed by atoms with van der Waals surface area (Å²) in [6.45, 7) is 2.58. The molecule has 0 bridgehead atoms. The summed E-state index contributed by atoms with van der Waals surface area (Å²) in [5.41, 5.74) is 1.99. The molecule has 2 aromatic carbocycles. The Hall–Kier alpha value is -1.80. The lowest BCUT2D eigenvalue weighted by Gasteiger charge is -2.25. The number of hydrogen-bond acceptors (Lipinski definition) is 2. The summed E-state index contributed by atoms with van der Waals surface area (Å²) in [6, 6.07) is 18.1. The van der Waals surface area contributed by atoms with Gasteiger partial charge in [0.05, 0.1) is 12.7 Å². The van der Waals surface area contributed by atoms with Gasteiger partial charge in [0.1, 0.15) is 5.75 Å². The Morgan fingerprint density at radius 2 is 1.70 bits per heavy atom. The Morgan fingerprint density at radius 3 is 2.35 bits per heavy atom. The summed E-state index contributed by atoms with van der Waals surface area (Å²) in [7, 11) is 0. The van der Waals surface area contributed by atoms with Crippen molar-refractivity contribution in [2.75, 3.05) is 6.61 Å². The zero-order chi connectivity index (χ0) is 14.0. The maximum absolute atomic E-state index is 10.9. The molecule has 1 atom stereocenters. The van der Waals surface area contributed by atoms with Gasteiger partial charge in [-0.15, -0.1) is 0 Å². The molecule has 1 unspecified atom stereocenters. The summed E-state index contributed by atoms with van der Waals surface area (Å²) in [6.07, 6.45) is 1.55. The maximum Gasteiger partial charge on any atom is 0.125 e. The van der Waals surface area contributed by atoms with Crippen molar-refractivity contribution in [2.45, 2.75) is 31.3 Å². The van der Waals surface area contributed by atoms with Crippen LogP contribution in [0.1, 0.15) is 37.0 Å². The standard InChI is InChI=1S/C18H20O2/c1-2-20-16-11-7-6-10-15(16)17(19)18(12-13-18)14-8-4-3-5-9-14/h3-11,17,19H,2,12-13H2,1H3. The molecule has 1 aliphatic carbocycles. The van der Waals surface area contributed by atoms with Crippen LogP contribution < -0.4 is 4.74 Å². The van der Waals surface area contributed by atoms with Gasteiger partial charge in [-0.25, -0.2) is 0 Å². The zero-order valence-corrected chi connectivity index (χ0v) is 11.8. The van der Waals surface area contributed by atoms with Gasteiger partial charge in [0.15, 0.2) is 0 Å². The molecule has 0 aromatic heterocycles. The molecule has 0 saturated heterocycles. The van der Waals surface area contributed by atoms with Crippen LogP contribution in [0.2, 0.25) is 0 Å². The lowest BCUT2D eigenvalue weighted by Crippen LogP contribution is -2.19. The van der Waals surface area contributed by atoms with Crippen LogP contribution in [0.3, 0.4) is 0 Å². The molecule has 0 aliphatic heterocycles. The molecule has 1 saturated carbocycles. The van der Waals surface area contributed by atoms with E-state index in [-0.39, 0.29) is 5.41 Å². The van der Waals surface area contributed by atoms with Crippen LogP contribution in [0.15, 0.2) is 54.6 Å². The third-order valence-corrected chi connectivity index (χ3v) is 4.17. The van der Waals surface area contributed by atoms with Crippen molar-refractivity contribution in [3.8, 4) is 5.75 Å². The highest BCUT2D eigenvalue weighted by Gasteiger charge is 2.51. The van der Waals surface area contributed by atoms with Crippen molar-refractivity contribution in [3.05, 3.63) is 65.7 Å². The van der Waals surface area contributed by atoms with E-state index in [9.17, 15) is 5.11 Å². The van der Waals surface area contributed by atoms with Gasteiger partial charge in [0, 0.05) is 11.0 Å². The van der Waals surface area contributed by atoms with Crippen LogP contribution >= 0.6 is 0 Å². The van der Waals surface area contributed by atoms with E-state index in [1.165, 1.54) is 5.56 Å². The van der Waals surface area contributed by atoms with Gasteiger partial charge in [0.25, 0.3) is 0 Å². The SMILES string of the molecule is CCOc1ccccc1C(O)C1(c2ccccc2)CC1. The maximum atomic E-state index is 10.9. The molecule has 3 rings (SSSR count). The van der Waals surface area contributed by atoms with E-state index < -0.39 is 6.10 Å². The Bertz CT molecular complexity index is 573. The van der Waals surface area contributed by atoms with Crippen LogP contribution in [-0.2, 0) is 5.41 Å². The third-order valence-electron chi connectivity index (χ3n) is 4.17. The highest BCUT2D eigenvalue weighted by atomic mass is 16.5. The fraction of sp³-hybridized carbons (Fsp3) is 0.333. The highest BCUT2D eigenvalue weighted by Crippen LogP contribution is 2.57. The van der Waals surface area contributed by atoms with Gasteiger partial charge in [-0.2, -0.15) is 0 Å². The largest absolute Gasteiger partial charge is 0.493 e.